The lowest BCUT2D eigenvalue weighted by atomic mass is 9.97. The van der Waals surface area contributed by atoms with Crippen molar-refractivity contribution in [3.8, 4) is 11.5 Å². The molecular weight excluding hydrogens is 556 g/mol. The minimum atomic E-state index is -5.28. The Labute approximate surface area is 217 Å². The molecule has 2 aliphatic heterocycles. The number of quaternary nitrogens is 1. The summed E-state index contributed by atoms with van der Waals surface area (Å²) in [5.41, 5.74) is -3.23. The van der Waals surface area contributed by atoms with Crippen LogP contribution in [-0.2, 0) is 20.3 Å². The van der Waals surface area contributed by atoms with Gasteiger partial charge in [-0.1, -0.05) is 0 Å². The number of hydrogen-bond donors (Lipinski definition) is 8. The van der Waals surface area contributed by atoms with E-state index in [1.165, 1.54) is 25.9 Å². The van der Waals surface area contributed by atoms with Gasteiger partial charge >= 0.3 is 24.5 Å². The van der Waals surface area contributed by atoms with Crippen molar-refractivity contribution in [1.29, 1.82) is 0 Å². The number of fused-ring (bicyclic) bond motifs is 1. The number of ether oxygens (including phenoxy) is 3. The molecule has 11 N–H and O–H groups in total. The molecule has 0 amide bonds. The Bertz CT molecular complexity index is 927. The fourth-order valence-electron chi connectivity index (χ4n) is 3.01. The predicted octanol–water partition coefficient (Wildman–Crippen LogP) is -0.246. The molecule has 226 valence electrons. The topological polar surface area (TPSA) is 221 Å². The molecule has 1 aromatic carbocycles. The molecule has 3 rings (SSSR count). The Morgan fingerprint density at radius 3 is 2.03 bits per heavy atom. The number of carbonyl (C=O) groups is 1. The molecule has 0 aromatic heterocycles. The van der Waals surface area contributed by atoms with Gasteiger partial charge in [-0.2, -0.15) is 13.2 Å². The highest BCUT2D eigenvalue weighted by Gasteiger charge is 2.50. The van der Waals surface area contributed by atoms with E-state index in [1.54, 1.807) is 0 Å². The third kappa shape index (κ3) is 11.9. The van der Waals surface area contributed by atoms with E-state index >= 15 is 0 Å². The molecule has 0 saturated carbocycles. The first-order chi connectivity index (χ1) is 18.0. The van der Waals surface area contributed by atoms with Crippen molar-refractivity contribution in [1.82, 2.24) is 5.32 Å². The molecule has 1 saturated heterocycles. The van der Waals surface area contributed by atoms with Crippen molar-refractivity contribution in [2.75, 3.05) is 20.2 Å². The average molecular weight is 586 g/mol. The van der Waals surface area contributed by atoms with Crippen LogP contribution in [0.1, 0.15) is 30.9 Å². The molecule has 2 heterocycles. The molecule has 2 atom stereocenters. The summed E-state index contributed by atoms with van der Waals surface area (Å²) in [6.07, 6.45) is -11.9. The van der Waals surface area contributed by atoms with Gasteiger partial charge in [0.1, 0.15) is 11.5 Å². The Morgan fingerprint density at radius 1 is 1.10 bits per heavy atom. The van der Waals surface area contributed by atoms with Crippen LogP contribution in [0.4, 0.5) is 26.3 Å². The zero-order chi connectivity index (χ0) is 30.6. The normalized spacial score (nSPS) is 17.3. The number of rotatable bonds is 5. The van der Waals surface area contributed by atoms with Gasteiger partial charge in [0.2, 0.25) is 12.4 Å². The fourth-order valence-corrected chi connectivity index (χ4v) is 3.01. The van der Waals surface area contributed by atoms with Crippen LogP contribution in [0.25, 0.3) is 6.08 Å². The van der Waals surface area contributed by atoms with Crippen molar-refractivity contribution < 1.29 is 81.7 Å². The molecule has 1 fully saturated rings. The SMILES string of the molecule is C1CCNC1.CC(ON)OC(=O)C1=Cc2cc(OC(F)(F)F)cc(C(O)(O)O)c2OC1C(F)(F)F.CO.[NH3+]O. The maximum absolute atomic E-state index is 13.4. The average Bonchev–Trinajstić information content (AvgIpc) is 3.43. The van der Waals surface area contributed by atoms with Crippen LogP contribution in [0.2, 0.25) is 0 Å². The zero-order valence-electron chi connectivity index (χ0n) is 20.5. The molecule has 0 radical (unpaired) electrons. The van der Waals surface area contributed by atoms with Gasteiger partial charge in [0.25, 0.3) is 0 Å². The summed E-state index contributed by atoms with van der Waals surface area (Å²) in [5.74, 6) is -0.805. The molecule has 2 unspecified atom stereocenters. The Morgan fingerprint density at radius 2 is 1.64 bits per heavy atom. The van der Waals surface area contributed by atoms with Gasteiger partial charge in [-0.25, -0.2) is 21.8 Å². The second-order valence-electron chi connectivity index (χ2n) is 7.28. The van der Waals surface area contributed by atoms with Gasteiger partial charge in [0.05, 0.1) is 11.1 Å². The highest BCUT2D eigenvalue weighted by atomic mass is 19.4. The summed E-state index contributed by atoms with van der Waals surface area (Å²) in [5, 5.41) is 45.0. The second kappa shape index (κ2) is 15.7. The predicted molar refractivity (Wildman–Crippen MR) is 116 cm³/mol. The summed E-state index contributed by atoms with van der Waals surface area (Å²) in [7, 11) is 1.00. The monoisotopic (exact) mass is 586 g/mol. The Kier molecular flexibility index (Phi) is 14.6. The summed E-state index contributed by atoms with van der Waals surface area (Å²) < 4.78 is 90.4. The van der Waals surface area contributed by atoms with Crippen LogP contribution in [-0.4, -0.2) is 76.7 Å². The highest BCUT2D eigenvalue weighted by Crippen LogP contribution is 2.44. The molecule has 39 heavy (non-hydrogen) atoms. The lowest BCUT2D eigenvalue weighted by molar-refractivity contribution is -0.670. The lowest BCUT2D eigenvalue weighted by Gasteiger charge is -2.31. The van der Waals surface area contributed by atoms with Crippen LogP contribution in [0.3, 0.4) is 0 Å². The number of nitrogens with one attached hydrogen (secondary N) is 1. The maximum Gasteiger partial charge on any atom is 0.573 e. The van der Waals surface area contributed by atoms with E-state index in [9.17, 15) is 46.5 Å². The van der Waals surface area contributed by atoms with E-state index in [-0.39, 0.29) is 6.07 Å². The number of halogens is 6. The van der Waals surface area contributed by atoms with E-state index in [0.717, 1.165) is 14.0 Å². The first kappa shape index (κ1) is 36.2. The molecule has 2 aliphatic rings. The van der Waals surface area contributed by atoms with Crippen LogP contribution >= 0.6 is 0 Å². The second-order valence-corrected chi connectivity index (χ2v) is 7.28. The molecule has 0 spiro atoms. The molecule has 13 nitrogen and oxygen atoms in total. The summed E-state index contributed by atoms with van der Waals surface area (Å²) >= 11 is 0. The van der Waals surface area contributed by atoms with E-state index in [1.807, 2.05) is 0 Å². The third-order valence-electron chi connectivity index (χ3n) is 4.47. The van der Waals surface area contributed by atoms with E-state index in [2.05, 4.69) is 30.3 Å². The maximum atomic E-state index is 13.4. The third-order valence-corrected chi connectivity index (χ3v) is 4.47. The van der Waals surface area contributed by atoms with Crippen LogP contribution in [0, 0.1) is 0 Å². The molecule has 0 bridgehead atoms. The van der Waals surface area contributed by atoms with Crippen molar-refractivity contribution in [2.24, 2.45) is 5.90 Å². The number of hydrogen-bond acceptors (Lipinski definition) is 12. The van der Waals surface area contributed by atoms with Crippen molar-refractivity contribution in [3.63, 3.8) is 0 Å². The fraction of sp³-hybridized carbons (Fsp3) is 0.550. The van der Waals surface area contributed by atoms with Gasteiger partial charge in [-0.05, 0) is 51.1 Å². The number of aliphatic hydroxyl groups is 4. The number of alkyl halides is 6. The van der Waals surface area contributed by atoms with Gasteiger partial charge in [-0.3, -0.25) is 4.84 Å². The largest absolute Gasteiger partial charge is 0.573 e. The summed E-state index contributed by atoms with van der Waals surface area (Å²) in [6, 6.07) is 0.683. The molecule has 1 aromatic rings. The van der Waals surface area contributed by atoms with Gasteiger partial charge < -0.3 is 40.0 Å². The van der Waals surface area contributed by atoms with Gasteiger partial charge in [0, 0.05) is 12.7 Å². The standard InChI is InChI=1S/C15H13F6NO8.C4H9N.CH4O.H4NO/c1-5(30-22)27-12(23)8-3-6-2-7(29-15(19,20)21)4-9(14(24,25)26)10(6)28-11(8)13(16,17)18;1-2-4-5-3-1;2*1-2/h2-5,11,24-26H,22H2,1H3;5H,1-4H2;2*2H,1H3/q;;;+1. The molecule has 0 aliphatic carbocycles. The van der Waals surface area contributed by atoms with Crippen molar-refractivity contribution in [2.45, 2.75) is 50.7 Å². The first-order valence-corrected chi connectivity index (χ1v) is 10.6. The van der Waals surface area contributed by atoms with Gasteiger partial charge in [-0.15, -0.1) is 13.2 Å². The Balaban J connectivity index is 0.00000139. The minimum absolute atomic E-state index is 0.196. The van der Waals surface area contributed by atoms with E-state index in [4.69, 9.17) is 16.2 Å². The highest BCUT2D eigenvalue weighted by molar-refractivity contribution is 5.96. The van der Waals surface area contributed by atoms with Crippen LogP contribution in [0.5, 0.6) is 11.5 Å². The number of nitrogens with two attached hydrogens (primary N) is 1. The summed E-state index contributed by atoms with van der Waals surface area (Å²) in [6.45, 7) is 3.56. The van der Waals surface area contributed by atoms with E-state index in [0.29, 0.717) is 12.1 Å². The summed E-state index contributed by atoms with van der Waals surface area (Å²) in [4.78, 5) is 16.2. The molecular formula is C20H30F6N3O10+. The number of esters is 1. The van der Waals surface area contributed by atoms with Crippen LogP contribution in [0.15, 0.2) is 17.7 Å². The minimum Gasteiger partial charge on any atom is -0.475 e. The lowest BCUT2D eigenvalue weighted by Crippen LogP contribution is -2.42. The first-order valence-electron chi connectivity index (χ1n) is 10.6. The Hall–Kier alpha value is -2.75. The number of carbonyl (C=O) groups excluding carboxylic acids is 1. The number of benzene rings is 1. The van der Waals surface area contributed by atoms with E-state index < -0.39 is 65.1 Å². The van der Waals surface area contributed by atoms with Gasteiger partial charge in [0.15, 0.2) is 0 Å². The van der Waals surface area contributed by atoms with Crippen LogP contribution < -0.4 is 26.6 Å². The zero-order valence-corrected chi connectivity index (χ0v) is 20.5. The van der Waals surface area contributed by atoms with Crippen molar-refractivity contribution in [3.05, 3.63) is 28.8 Å². The van der Waals surface area contributed by atoms with Crippen molar-refractivity contribution >= 4 is 12.0 Å². The molecule has 19 heteroatoms. The smallest absolute Gasteiger partial charge is 0.475 e. The number of aliphatic hydroxyl groups excluding tert-OH is 1. The quantitative estimate of drug-likeness (QED) is 0.0969.